The lowest BCUT2D eigenvalue weighted by atomic mass is 9.98. The monoisotopic (exact) mass is 278 g/mol. The van der Waals surface area contributed by atoms with Gasteiger partial charge in [-0.25, -0.2) is 0 Å². The number of nitrogens with zero attached hydrogens (tertiary/aromatic N) is 1. The Balaban J connectivity index is 2.22. The van der Waals surface area contributed by atoms with Gasteiger partial charge in [0, 0.05) is 16.8 Å². The van der Waals surface area contributed by atoms with E-state index in [4.69, 9.17) is 22.1 Å². The van der Waals surface area contributed by atoms with Gasteiger partial charge in [0.25, 0.3) is 0 Å². The van der Waals surface area contributed by atoms with Crippen LogP contribution >= 0.6 is 11.6 Å². The van der Waals surface area contributed by atoms with Gasteiger partial charge < -0.3 is 15.6 Å². The van der Waals surface area contributed by atoms with Gasteiger partial charge in [0.2, 0.25) is 0 Å². The summed E-state index contributed by atoms with van der Waals surface area (Å²) < 4.78 is 5.07. The first-order chi connectivity index (χ1) is 9.11. The van der Waals surface area contributed by atoms with E-state index in [1.807, 2.05) is 0 Å². The maximum absolute atomic E-state index is 10.3. The first kappa shape index (κ1) is 13.8. The summed E-state index contributed by atoms with van der Waals surface area (Å²) in [6.45, 7) is 0. The third kappa shape index (κ3) is 3.23. The van der Waals surface area contributed by atoms with Crippen molar-refractivity contribution in [2.24, 2.45) is 5.73 Å². The smallest absolute Gasteiger partial charge is 0.137 e. The fraction of sp³-hybridized carbons (Fsp3) is 0.214. The average molecular weight is 279 g/mol. The second-order valence-electron chi connectivity index (χ2n) is 4.18. The number of methoxy groups -OCH3 is 1. The molecule has 0 spiro atoms. The van der Waals surface area contributed by atoms with Crippen molar-refractivity contribution in [2.75, 3.05) is 7.11 Å². The summed E-state index contributed by atoms with van der Waals surface area (Å²) in [7, 11) is 1.55. The van der Waals surface area contributed by atoms with Crippen molar-refractivity contribution >= 4 is 11.6 Å². The van der Waals surface area contributed by atoms with Crippen LogP contribution in [-0.4, -0.2) is 17.2 Å². The van der Waals surface area contributed by atoms with Crippen molar-refractivity contribution in [1.29, 1.82) is 0 Å². The molecule has 0 amide bonds. The molecule has 2 unspecified atom stereocenters. The van der Waals surface area contributed by atoms with Crippen LogP contribution in [0.5, 0.6) is 5.75 Å². The summed E-state index contributed by atoms with van der Waals surface area (Å²) in [5.41, 5.74) is 7.47. The van der Waals surface area contributed by atoms with Crippen molar-refractivity contribution in [3.05, 3.63) is 58.9 Å². The molecule has 1 aromatic heterocycles. The summed E-state index contributed by atoms with van der Waals surface area (Å²) in [5, 5.41) is 10.9. The Hall–Kier alpha value is -1.62. The lowest BCUT2D eigenvalue weighted by Gasteiger charge is -2.19. The Morgan fingerprint density at radius 3 is 2.53 bits per heavy atom. The molecular weight excluding hydrogens is 264 g/mol. The molecule has 19 heavy (non-hydrogen) atoms. The molecule has 0 saturated heterocycles. The maximum atomic E-state index is 10.3. The van der Waals surface area contributed by atoms with Gasteiger partial charge in [0.05, 0.1) is 25.5 Å². The average Bonchev–Trinajstić information content (AvgIpc) is 2.46. The number of hydrogen-bond donors (Lipinski definition) is 2. The molecule has 0 fully saturated rings. The van der Waals surface area contributed by atoms with Gasteiger partial charge in [-0.15, -0.1) is 0 Å². The number of aliphatic hydroxyl groups excluding tert-OH is 1. The summed E-state index contributed by atoms with van der Waals surface area (Å²) in [4.78, 5) is 4.01. The molecule has 0 bridgehead atoms. The van der Waals surface area contributed by atoms with Crippen LogP contribution in [0, 0.1) is 0 Å². The zero-order valence-corrected chi connectivity index (χ0v) is 11.2. The van der Waals surface area contributed by atoms with Crippen LogP contribution in [0.4, 0.5) is 0 Å². The molecule has 2 atom stereocenters. The molecule has 3 N–H and O–H groups in total. The second kappa shape index (κ2) is 6.02. The van der Waals surface area contributed by atoms with Crippen LogP contribution in [0.3, 0.4) is 0 Å². The van der Waals surface area contributed by atoms with Crippen LogP contribution in [0.15, 0.2) is 42.7 Å². The number of pyridine rings is 1. The van der Waals surface area contributed by atoms with Crippen molar-refractivity contribution < 1.29 is 9.84 Å². The Morgan fingerprint density at radius 1 is 1.21 bits per heavy atom. The zero-order chi connectivity index (χ0) is 13.8. The number of nitrogens with two attached hydrogens (primary N) is 1. The zero-order valence-electron chi connectivity index (χ0n) is 10.5. The SMILES string of the molecule is COc1cncc(C(O)C(N)c2ccc(Cl)cc2)c1. The lowest BCUT2D eigenvalue weighted by molar-refractivity contribution is 0.146. The fourth-order valence-corrected chi connectivity index (χ4v) is 1.91. The molecule has 0 radical (unpaired) electrons. The van der Waals surface area contributed by atoms with Crippen molar-refractivity contribution in [1.82, 2.24) is 4.98 Å². The molecule has 0 saturated carbocycles. The molecule has 4 nitrogen and oxygen atoms in total. The molecule has 1 heterocycles. The van der Waals surface area contributed by atoms with Gasteiger partial charge in [0.1, 0.15) is 5.75 Å². The van der Waals surface area contributed by atoms with Crippen molar-refractivity contribution in [3.63, 3.8) is 0 Å². The molecule has 5 heteroatoms. The Bertz CT molecular complexity index is 545. The van der Waals surface area contributed by atoms with Gasteiger partial charge in [-0.05, 0) is 23.8 Å². The van der Waals surface area contributed by atoms with Crippen LogP contribution in [0.25, 0.3) is 0 Å². The number of ether oxygens (including phenoxy) is 1. The van der Waals surface area contributed by atoms with E-state index in [0.29, 0.717) is 16.3 Å². The Kier molecular flexibility index (Phi) is 4.37. The third-order valence-corrected chi connectivity index (χ3v) is 3.16. The van der Waals surface area contributed by atoms with Gasteiger partial charge in [-0.3, -0.25) is 4.98 Å². The van der Waals surface area contributed by atoms with E-state index in [2.05, 4.69) is 4.98 Å². The van der Waals surface area contributed by atoms with E-state index in [-0.39, 0.29) is 0 Å². The number of rotatable bonds is 4. The summed E-state index contributed by atoms with van der Waals surface area (Å²) in [6.07, 6.45) is 2.29. The largest absolute Gasteiger partial charge is 0.495 e. The van der Waals surface area contributed by atoms with Gasteiger partial charge in [-0.1, -0.05) is 23.7 Å². The van der Waals surface area contributed by atoms with Crippen LogP contribution in [0.2, 0.25) is 5.02 Å². The molecule has 0 aliphatic rings. The van der Waals surface area contributed by atoms with Crippen LogP contribution < -0.4 is 10.5 Å². The first-order valence-corrected chi connectivity index (χ1v) is 6.17. The van der Waals surface area contributed by atoms with E-state index in [0.717, 1.165) is 5.56 Å². The molecular formula is C14H15ClN2O2. The number of hydrogen-bond acceptors (Lipinski definition) is 4. The highest BCUT2D eigenvalue weighted by Crippen LogP contribution is 2.28. The number of aliphatic hydroxyl groups is 1. The lowest BCUT2D eigenvalue weighted by Crippen LogP contribution is -2.19. The summed E-state index contributed by atoms with van der Waals surface area (Å²) in [6, 6.07) is 8.24. The maximum Gasteiger partial charge on any atom is 0.137 e. The highest BCUT2D eigenvalue weighted by molar-refractivity contribution is 6.30. The van der Waals surface area contributed by atoms with Gasteiger partial charge in [0.15, 0.2) is 0 Å². The van der Waals surface area contributed by atoms with Crippen LogP contribution in [-0.2, 0) is 0 Å². The standard InChI is InChI=1S/C14H15ClN2O2/c1-19-12-6-10(7-17-8-12)14(18)13(16)9-2-4-11(15)5-3-9/h2-8,13-14,18H,16H2,1H3. The summed E-state index contributed by atoms with van der Waals surface area (Å²) in [5.74, 6) is 0.583. The topological polar surface area (TPSA) is 68.4 Å². The molecule has 2 aromatic rings. The van der Waals surface area contributed by atoms with Gasteiger partial charge >= 0.3 is 0 Å². The first-order valence-electron chi connectivity index (χ1n) is 5.80. The van der Waals surface area contributed by atoms with Crippen LogP contribution in [0.1, 0.15) is 23.3 Å². The predicted octanol–water partition coefficient (Wildman–Crippen LogP) is 2.48. The van der Waals surface area contributed by atoms with E-state index in [9.17, 15) is 5.11 Å². The number of aromatic nitrogens is 1. The number of benzene rings is 1. The highest BCUT2D eigenvalue weighted by atomic mass is 35.5. The van der Waals surface area contributed by atoms with E-state index in [1.165, 1.54) is 0 Å². The van der Waals surface area contributed by atoms with Crippen molar-refractivity contribution in [3.8, 4) is 5.75 Å². The van der Waals surface area contributed by atoms with Gasteiger partial charge in [-0.2, -0.15) is 0 Å². The molecule has 100 valence electrons. The Labute approximate surface area is 116 Å². The van der Waals surface area contributed by atoms with E-state index < -0.39 is 12.1 Å². The highest BCUT2D eigenvalue weighted by Gasteiger charge is 2.19. The Morgan fingerprint density at radius 2 is 1.89 bits per heavy atom. The molecule has 1 aromatic carbocycles. The third-order valence-electron chi connectivity index (χ3n) is 2.91. The van der Waals surface area contributed by atoms with Crippen molar-refractivity contribution in [2.45, 2.75) is 12.1 Å². The van der Waals surface area contributed by atoms with E-state index in [1.54, 1.807) is 49.8 Å². The number of halogens is 1. The van der Waals surface area contributed by atoms with E-state index >= 15 is 0 Å². The predicted molar refractivity (Wildman–Crippen MR) is 74.1 cm³/mol. The minimum atomic E-state index is -0.858. The molecule has 2 rings (SSSR count). The minimum absolute atomic E-state index is 0.550. The molecule has 0 aliphatic carbocycles. The second-order valence-corrected chi connectivity index (χ2v) is 4.62. The minimum Gasteiger partial charge on any atom is -0.495 e. The quantitative estimate of drug-likeness (QED) is 0.901. The fourth-order valence-electron chi connectivity index (χ4n) is 1.78. The normalized spacial score (nSPS) is 13.9. The summed E-state index contributed by atoms with van der Waals surface area (Å²) >= 11 is 5.82. The molecule has 0 aliphatic heterocycles.